The predicted molar refractivity (Wildman–Crippen MR) is 110 cm³/mol. The molecule has 0 heterocycles. The van der Waals surface area contributed by atoms with Gasteiger partial charge in [0.15, 0.2) is 0 Å². The summed E-state index contributed by atoms with van der Waals surface area (Å²) in [6.45, 7) is 6.93. The largest absolute Gasteiger partial charge is 0.378 e. The summed E-state index contributed by atoms with van der Waals surface area (Å²) in [5.74, 6) is -0.0149. The van der Waals surface area contributed by atoms with Gasteiger partial charge in [-0.25, -0.2) is 0 Å². The maximum Gasteiger partial charge on any atom is 0.251 e. The number of anilines is 1. The zero-order valence-electron chi connectivity index (χ0n) is 16.4. The van der Waals surface area contributed by atoms with Crippen molar-refractivity contribution >= 4 is 11.6 Å². The normalized spacial score (nSPS) is 12.0. The van der Waals surface area contributed by atoms with Gasteiger partial charge >= 0.3 is 0 Å². The van der Waals surface area contributed by atoms with Gasteiger partial charge < -0.3 is 10.2 Å². The van der Waals surface area contributed by atoms with Crippen molar-refractivity contribution in [2.24, 2.45) is 0 Å². The smallest absolute Gasteiger partial charge is 0.251 e. The van der Waals surface area contributed by atoms with E-state index in [0.717, 1.165) is 25.2 Å². The highest BCUT2D eigenvalue weighted by Gasteiger charge is 2.18. The Morgan fingerprint density at radius 2 is 1.69 bits per heavy atom. The second-order valence-electron chi connectivity index (χ2n) is 6.72. The van der Waals surface area contributed by atoms with E-state index in [1.165, 1.54) is 5.56 Å². The molecule has 0 aliphatic heterocycles. The standard InChI is InChI=1S/C22H31N3O/c1-5-25(6-2)21(15-18-11-8-7-9-12-18)17-23-22(26)19-13-10-14-20(16-19)24(3)4/h7-14,16,21H,5-6,15,17H2,1-4H3,(H,23,26). The molecule has 2 aromatic rings. The summed E-state index contributed by atoms with van der Waals surface area (Å²) < 4.78 is 0. The molecule has 0 saturated carbocycles. The molecule has 0 saturated heterocycles. The second-order valence-corrected chi connectivity index (χ2v) is 6.72. The number of carbonyl (C=O) groups excluding carboxylic acids is 1. The molecule has 1 N–H and O–H groups in total. The molecular formula is C22H31N3O. The SMILES string of the molecule is CCN(CC)C(CNC(=O)c1cccc(N(C)C)c1)Cc1ccccc1. The summed E-state index contributed by atoms with van der Waals surface area (Å²) in [6, 6.07) is 18.5. The molecule has 0 aromatic heterocycles. The molecule has 2 rings (SSSR count). The van der Waals surface area contributed by atoms with Gasteiger partial charge in [-0.05, 0) is 43.3 Å². The van der Waals surface area contributed by atoms with Gasteiger partial charge in [-0.2, -0.15) is 0 Å². The number of likely N-dealkylation sites (N-methyl/N-ethyl adjacent to an activating group) is 1. The van der Waals surface area contributed by atoms with Crippen LogP contribution < -0.4 is 10.2 Å². The Morgan fingerprint density at radius 3 is 2.31 bits per heavy atom. The first-order chi connectivity index (χ1) is 12.5. The van der Waals surface area contributed by atoms with E-state index in [1.54, 1.807) is 0 Å². The van der Waals surface area contributed by atoms with Gasteiger partial charge in [0.2, 0.25) is 0 Å². The average Bonchev–Trinajstić information content (AvgIpc) is 2.67. The lowest BCUT2D eigenvalue weighted by atomic mass is 10.0. The summed E-state index contributed by atoms with van der Waals surface area (Å²) >= 11 is 0. The molecule has 1 unspecified atom stereocenters. The molecule has 0 aliphatic rings. The molecule has 0 bridgehead atoms. The minimum absolute atomic E-state index is 0.0149. The first kappa shape index (κ1) is 20.0. The Balaban J connectivity index is 2.05. The van der Waals surface area contributed by atoms with Gasteiger partial charge in [-0.15, -0.1) is 0 Å². The Kier molecular flexibility index (Phi) is 7.67. The van der Waals surface area contributed by atoms with E-state index < -0.39 is 0 Å². The molecule has 0 spiro atoms. The minimum atomic E-state index is -0.0149. The van der Waals surface area contributed by atoms with Crippen molar-refractivity contribution in [3.8, 4) is 0 Å². The lowest BCUT2D eigenvalue weighted by molar-refractivity contribution is 0.0934. The van der Waals surface area contributed by atoms with E-state index in [4.69, 9.17) is 0 Å². The highest BCUT2D eigenvalue weighted by molar-refractivity contribution is 5.95. The van der Waals surface area contributed by atoms with Crippen molar-refractivity contribution in [2.75, 3.05) is 38.6 Å². The van der Waals surface area contributed by atoms with Gasteiger partial charge in [0.1, 0.15) is 0 Å². The number of nitrogens with zero attached hydrogens (tertiary/aromatic N) is 2. The number of amides is 1. The van der Waals surface area contributed by atoms with Gasteiger partial charge in [-0.3, -0.25) is 9.69 Å². The molecule has 2 aromatic carbocycles. The Bertz CT molecular complexity index is 681. The summed E-state index contributed by atoms with van der Waals surface area (Å²) in [4.78, 5) is 17.0. The molecule has 1 amide bonds. The third-order valence-corrected chi connectivity index (χ3v) is 4.77. The van der Waals surface area contributed by atoms with E-state index in [0.29, 0.717) is 12.1 Å². The van der Waals surface area contributed by atoms with E-state index in [9.17, 15) is 4.79 Å². The van der Waals surface area contributed by atoms with E-state index in [-0.39, 0.29) is 11.9 Å². The monoisotopic (exact) mass is 353 g/mol. The highest BCUT2D eigenvalue weighted by Crippen LogP contribution is 2.14. The zero-order chi connectivity index (χ0) is 18.9. The van der Waals surface area contributed by atoms with E-state index in [2.05, 4.69) is 48.3 Å². The van der Waals surface area contributed by atoms with Crippen LogP contribution >= 0.6 is 0 Å². The minimum Gasteiger partial charge on any atom is -0.378 e. The number of hydrogen-bond acceptors (Lipinski definition) is 3. The Hall–Kier alpha value is -2.33. The van der Waals surface area contributed by atoms with Crippen LogP contribution in [-0.4, -0.2) is 50.6 Å². The Morgan fingerprint density at radius 1 is 1.00 bits per heavy atom. The molecule has 0 aliphatic carbocycles. The fourth-order valence-electron chi connectivity index (χ4n) is 3.19. The number of carbonyl (C=O) groups is 1. The van der Waals surface area contributed by atoms with Crippen LogP contribution in [0.1, 0.15) is 29.8 Å². The third-order valence-electron chi connectivity index (χ3n) is 4.77. The van der Waals surface area contributed by atoms with Crippen molar-refractivity contribution in [1.29, 1.82) is 0 Å². The van der Waals surface area contributed by atoms with Crippen molar-refractivity contribution in [3.63, 3.8) is 0 Å². The van der Waals surface area contributed by atoms with Crippen LogP contribution in [-0.2, 0) is 6.42 Å². The summed E-state index contributed by atoms with van der Waals surface area (Å²) in [7, 11) is 3.96. The number of hydrogen-bond donors (Lipinski definition) is 1. The van der Waals surface area contributed by atoms with Gasteiger partial charge in [-0.1, -0.05) is 50.2 Å². The van der Waals surface area contributed by atoms with Gasteiger partial charge in [0, 0.05) is 37.9 Å². The number of rotatable bonds is 9. The molecule has 140 valence electrons. The molecular weight excluding hydrogens is 322 g/mol. The highest BCUT2D eigenvalue weighted by atomic mass is 16.1. The molecule has 4 heteroatoms. The van der Waals surface area contributed by atoms with Crippen LogP contribution in [0.3, 0.4) is 0 Å². The maximum absolute atomic E-state index is 12.6. The summed E-state index contributed by atoms with van der Waals surface area (Å²) in [5.41, 5.74) is 3.03. The number of nitrogens with one attached hydrogen (secondary N) is 1. The number of benzene rings is 2. The molecule has 1 atom stereocenters. The molecule has 0 fully saturated rings. The van der Waals surface area contributed by atoms with Crippen LogP contribution in [0.25, 0.3) is 0 Å². The second kappa shape index (κ2) is 9.97. The van der Waals surface area contributed by atoms with Crippen LogP contribution in [0.2, 0.25) is 0 Å². The maximum atomic E-state index is 12.6. The van der Waals surface area contributed by atoms with Crippen molar-refractivity contribution in [3.05, 3.63) is 65.7 Å². The third kappa shape index (κ3) is 5.60. The first-order valence-electron chi connectivity index (χ1n) is 9.38. The van der Waals surface area contributed by atoms with Crippen molar-refractivity contribution in [1.82, 2.24) is 10.2 Å². The molecule has 26 heavy (non-hydrogen) atoms. The summed E-state index contributed by atoms with van der Waals surface area (Å²) in [6.07, 6.45) is 0.931. The van der Waals surface area contributed by atoms with E-state index >= 15 is 0 Å². The first-order valence-corrected chi connectivity index (χ1v) is 9.38. The fraction of sp³-hybridized carbons (Fsp3) is 0.409. The Labute approximate surface area is 157 Å². The fourth-order valence-corrected chi connectivity index (χ4v) is 3.19. The lowest BCUT2D eigenvalue weighted by Crippen LogP contribution is -2.45. The quantitative estimate of drug-likeness (QED) is 0.750. The van der Waals surface area contributed by atoms with Gasteiger partial charge in [0.05, 0.1) is 0 Å². The topological polar surface area (TPSA) is 35.6 Å². The lowest BCUT2D eigenvalue weighted by Gasteiger charge is -2.30. The van der Waals surface area contributed by atoms with Crippen LogP contribution in [0.4, 0.5) is 5.69 Å². The zero-order valence-corrected chi connectivity index (χ0v) is 16.4. The van der Waals surface area contributed by atoms with Crippen LogP contribution in [0.5, 0.6) is 0 Å². The average molecular weight is 354 g/mol. The van der Waals surface area contributed by atoms with Crippen LogP contribution in [0, 0.1) is 0 Å². The molecule has 4 nitrogen and oxygen atoms in total. The predicted octanol–water partition coefficient (Wildman–Crippen LogP) is 3.44. The van der Waals surface area contributed by atoms with Crippen molar-refractivity contribution in [2.45, 2.75) is 26.3 Å². The van der Waals surface area contributed by atoms with Gasteiger partial charge in [0.25, 0.3) is 5.91 Å². The van der Waals surface area contributed by atoms with Crippen molar-refractivity contribution < 1.29 is 4.79 Å². The van der Waals surface area contributed by atoms with E-state index in [1.807, 2.05) is 49.3 Å². The summed E-state index contributed by atoms with van der Waals surface area (Å²) in [5, 5.41) is 3.14. The molecule has 0 radical (unpaired) electrons. The van der Waals surface area contributed by atoms with Crippen LogP contribution in [0.15, 0.2) is 54.6 Å².